The molecule has 0 heterocycles. The first-order valence-electron chi connectivity index (χ1n) is 13.0. The van der Waals surface area contributed by atoms with E-state index in [9.17, 15) is 0 Å². The number of unbranched alkanes of at least 4 members (excludes halogenated alkanes) is 1. The van der Waals surface area contributed by atoms with Crippen molar-refractivity contribution in [1.82, 2.24) is 0 Å². The van der Waals surface area contributed by atoms with E-state index >= 15 is 0 Å². The average molecular weight is 465 g/mol. The smallest absolute Gasteiger partial charge is 0.0721 e. The minimum Gasteiger partial charge on any atom is -0.373 e. The third-order valence-corrected chi connectivity index (χ3v) is 6.18. The van der Waals surface area contributed by atoms with Crippen LogP contribution in [0.5, 0.6) is 0 Å². The highest BCUT2D eigenvalue weighted by molar-refractivity contribution is 5.49. The lowest BCUT2D eigenvalue weighted by Gasteiger charge is -2.06. The summed E-state index contributed by atoms with van der Waals surface area (Å²) in [7, 11) is 0. The molecule has 0 bridgehead atoms. The molecule has 0 saturated carbocycles. The lowest BCUT2D eigenvalue weighted by atomic mass is 10.0. The molecule has 1 heteroatoms. The van der Waals surface area contributed by atoms with Gasteiger partial charge in [0.25, 0.3) is 0 Å². The van der Waals surface area contributed by atoms with Gasteiger partial charge in [-0.3, -0.25) is 0 Å². The SMILES string of the molecule is C=CCOCc1cccc(CCCCc2ccc(C=CCCc3ccc(CC=CC)cc3)cc2)c1. The van der Waals surface area contributed by atoms with Crippen molar-refractivity contribution >= 4 is 6.08 Å². The molecule has 0 atom stereocenters. The Hall–Kier alpha value is -3.16. The van der Waals surface area contributed by atoms with E-state index in [0.29, 0.717) is 13.2 Å². The largest absolute Gasteiger partial charge is 0.373 e. The number of hydrogen-bond acceptors (Lipinski definition) is 1. The van der Waals surface area contributed by atoms with Crippen LogP contribution in [0.1, 0.15) is 59.6 Å². The summed E-state index contributed by atoms with van der Waals surface area (Å²) < 4.78 is 5.56. The van der Waals surface area contributed by atoms with Gasteiger partial charge in [0.1, 0.15) is 0 Å². The monoisotopic (exact) mass is 464 g/mol. The first kappa shape index (κ1) is 26.4. The molecule has 0 radical (unpaired) electrons. The van der Waals surface area contributed by atoms with Gasteiger partial charge in [-0.15, -0.1) is 6.58 Å². The number of benzene rings is 3. The van der Waals surface area contributed by atoms with Crippen LogP contribution < -0.4 is 0 Å². The first-order chi connectivity index (χ1) is 17.3. The maximum Gasteiger partial charge on any atom is 0.0721 e. The fourth-order valence-corrected chi connectivity index (χ4v) is 4.15. The van der Waals surface area contributed by atoms with Gasteiger partial charge in [0, 0.05) is 0 Å². The Labute approximate surface area is 212 Å². The quantitative estimate of drug-likeness (QED) is 0.161. The van der Waals surface area contributed by atoms with Crippen LogP contribution in [-0.2, 0) is 37.0 Å². The summed E-state index contributed by atoms with van der Waals surface area (Å²) in [6.45, 7) is 7.02. The maximum atomic E-state index is 5.56. The van der Waals surface area contributed by atoms with Gasteiger partial charge in [-0.05, 0) is 85.3 Å². The third kappa shape index (κ3) is 10.3. The minimum absolute atomic E-state index is 0.602. The Balaban J connectivity index is 1.34. The van der Waals surface area contributed by atoms with Crippen molar-refractivity contribution in [3.05, 3.63) is 137 Å². The molecular weight excluding hydrogens is 424 g/mol. The lowest BCUT2D eigenvalue weighted by molar-refractivity contribution is 0.149. The van der Waals surface area contributed by atoms with Crippen LogP contribution in [0.15, 0.2) is 104 Å². The molecule has 0 aliphatic rings. The van der Waals surface area contributed by atoms with Crippen molar-refractivity contribution in [2.45, 2.75) is 58.5 Å². The Kier molecular flexibility index (Phi) is 11.9. The van der Waals surface area contributed by atoms with Crippen LogP contribution in [0.2, 0.25) is 0 Å². The molecule has 35 heavy (non-hydrogen) atoms. The molecule has 1 nitrogen and oxygen atoms in total. The molecular formula is C34H40O. The highest BCUT2D eigenvalue weighted by atomic mass is 16.5. The van der Waals surface area contributed by atoms with Crippen LogP contribution in [0, 0.1) is 0 Å². The Morgan fingerprint density at radius 3 is 2.11 bits per heavy atom. The van der Waals surface area contributed by atoms with Crippen LogP contribution in [-0.4, -0.2) is 6.61 Å². The summed E-state index contributed by atoms with van der Waals surface area (Å²) in [6.07, 6.45) is 18.5. The molecule has 0 unspecified atom stereocenters. The van der Waals surface area contributed by atoms with E-state index < -0.39 is 0 Å². The molecule has 0 N–H and O–H groups in total. The molecule has 0 aliphatic heterocycles. The molecule has 0 spiro atoms. The summed E-state index contributed by atoms with van der Waals surface area (Å²) in [5.41, 5.74) is 8.13. The lowest BCUT2D eigenvalue weighted by Crippen LogP contribution is -1.95. The fraction of sp³-hybridized carbons (Fsp3) is 0.294. The van der Waals surface area contributed by atoms with Crippen LogP contribution in [0.25, 0.3) is 6.08 Å². The van der Waals surface area contributed by atoms with E-state index in [2.05, 4.69) is 111 Å². The molecule has 3 aromatic rings. The number of hydrogen-bond donors (Lipinski definition) is 0. The zero-order chi connectivity index (χ0) is 24.6. The van der Waals surface area contributed by atoms with Crippen LogP contribution in [0.3, 0.4) is 0 Å². The number of aryl methyl sites for hydroxylation is 3. The van der Waals surface area contributed by atoms with E-state index in [-0.39, 0.29) is 0 Å². The van der Waals surface area contributed by atoms with Gasteiger partial charge in [0.05, 0.1) is 13.2 Å². The normalized spacial score (nSPS) is 11.5. The second-order valence-electron chi connectivity index (χ2n) is 9.10. The highest BCUT2D eigenvalue weighted by Crippen LogP contribution is 2.14. The van der Waals surface area contributed by atoms with Gasteiger partial charge in [-0.1, -0.05) is 103 Å². The van der Waals surface area contributed by atoms with Gasteiger partial charge in [0.2, 0.25) is 0 Å². The number of rotatable bonds is 15. The predicted molar refractivity (Wildman–Crippen MR) is 152 cm³/mol. The number of ether oxygens (including phenoxy) is 1. The molecule has 0 aliphatic carbocycles. The standard InChI is InChI=1S/C34H40O/c1-3-5-11-29-18-20-30(21-19-29)12-6-7-13-31-22-24-32(25-23-31)14-8-9-15-33-16-10-17-34(27-33)28-35-26-4-2/h3-5,7,10,13,16-25,27H,2,6,8-9,11-12,14-15,26,28H2,1H3. The summed E-state index contributed by atoms with van der Waals surface area (Å²) in [4.78, 5) is 0. The Morgan fingerprint density at radius 1 is 0.714 bits per heavy atom. The summed E-state index contributed by atoms with van der Waals surface area (Å²) >= 11 is 0. The van der Waals surface area contributed by atoms with Crippen molar-refractivity contribution in [1.29, 1.82) is 0 Å². The van der Waals surface area contributed by atoms with Crippen LogP contribution in [0.4, 0.5) is 0 Å². The molecule has 0 fully saturated rings. The second kappa shape index (κ2) is 15.7. The van der Waals surface area contributed by atoms with Crippen molar-refractivity contribution in [2.75, 3.05) is 6.61 Å². The molecule has 0 amide bonds. The van der Waals surface area contributed by atoms with Crippen molar-refractivity contribution in [2.24, 2.45) is 0 Å². The first-order valence-corrected chi connectivity index (χ1v) is 13.0. The van der Waals surface area contributed by atoms with Gasteiger partial charge in [0.15, 0.2) is 0 Å². The van der Waals surface area contributed by atoms with E-state index in [4.69, 9.17) is 4.74 Å². The molecule has 3 aromatic carbocycles. The van der Waals surface area contributed by atoms with Crippen LogP contribution >= 0.6 is 0 Å². The zero-order valence-corrected chi connectivity index (χ0v) is 21.3. The van der Waals surface area contributed by atoms with E-state index in [0.717, 1.165) is 32.1 Å². The van der Waals surface area contributed by atoms with Gasteiger partial charge < -0.3 is 4.74 Å². The average Bonchev–Trinajstić information content (AvgIpc) is 2.90. The predicted octanol–water partition coefficient (Wildman–Crippen LogP) is 8.72. The number of allylic oxidation sites excluding steroid dienone is 3. The van der Waals surface area contributed by atoms with Gasteiger partial charge in [-0.25, -0.2) is 0 Å². The van der Waals surface area contributed by atoms with Gasteiger partial charge >= 0.3 is 0 Å². The van der Waals surface area contributed by atoms with E-state index in [1.54, 1.807) is 6.08 Å². The summed E-state index contributed by atoms with van der Waals surface area (Å²) in [5, 5.41) is 0. The fourth-order valence-electron chi connectivity index (χ4n) is 4.15. The molecule has 0 saturated heterocycles. The van der Waals surface area contributed by atoms with E-state index in [1.165, 1.54) is 46.2 Å². The van der Waals surface area contributed by atoms with Crippen molar-refractivity contribution in [3.8, 4) is 0 Å². The third-order valence-electron chi connectivity index (χ3n) is 6.18. The van der Waals surface area contributed by atoms with Crippen molar-refractivity contribution in [3.63, 3.8) is 0 Å². The summed E-state index contributed by atoms with van der Waals surface area (Å²) in [5.74, 6) is 0. The highest BCUT2D eigenvalue weighted by Gasteiger charge is 1.99. The van der Waals surface area contributed by atoms with Crippen molar-refractivity contribution < 1.29 is 4.74 Å². The van der Waals surface area contributed by atoms with E-state index in [1.807, 2.05) is 0 Å². The molecule has 3 rings (SSSR count). The molecule has 182 valence electrons. The summed E-state index contributed by atoms with van der Waals surface area (Å²) in [6, 6.07) is 26.8. The molecule has 0 aromatic heterocycles. The maximum absolute atomic E-state index is 5.56. The topological polar surface area (TPSA) is 9.23 Å². The minimum atomic E-state index is 0.602. The Morgan fingerprint density at radius 2 is 1.37 bits per heavy atom. The van der Waals surface area contributed by atoms with Gasteiger partial charge in [-0.2, -0.15) is 0 Å². The Bertz CT molecular complexity index is 1050. The zero-order valence-electron chi connectivity index (χ0n) is 21.3. The second-order valence-corrected chi connectivity index (χ2v) is 9.10.